The van der Waals surface area contributed by atoms with E-state index in [0.717, 1.165) is 11.4 Å². The van der Waals surface area contributed by atoms with Crippen LogP contribution < -0.4 is 10.4 Å². The molecule has 0 amide bonds. The Morgan fingerprint density at radius 1 is 0.636 bits per heavy atom. The van der Waals surface area contributed by atoms with Crippen LogP contribution in [0.3, 0.4) is 0 Å². The number of hydrazine groups is 1. The van der Waals surface area contributed by atoms with Crippen molar-refractivity contribution < 1.29 is 0 Å². The highest BCUT2D eigenvalue weighted by molar-refractivity contribution is 5.83. The fourth-order valence-electron chi connectivity index (χ4n) is 4.45. The Morgan fingerprint density at radius 2 is 1.21 bits per heavy atom. The minimum absolute atomic E-state index is 0.0975. The molecule has 0 saturated heterocycles. The van der Waals surface area contributed by atoms with Gasteiger partial charge in [0.1, 0.15) is 0 Å². The fourth-order valence-corrected chi connectivity index (χ4v) is 4.45. The van der Waals surface area contributed by atoms with E-state index in [1.165, 1.54) is 27.8 Å². The van der Waals surface area contributed by atoms with E-state index >= 15 is 0 Å². The highest BCUT2D eigenvalue weighted by Gasteiger charge is 2.28. The minimum atomic E-state index is 0.0975. The smallest absolute Gasteiger partial charge is 0.0958 e. The lowest BCUT2D eigenvalue weighted by atomic mass is 9.86. The molecule has 4 aromatic carbocycles. The predicted molar refractivity (Wildman–Crippen MR) is 140 cm³/mol. The number of rotatable bonds is 4. The lowest BCUT2D eigenvalue weighted by Crippen LogP contribution is -2.34. The third-order valence-corrected chi connectivity index (χ3v) is 6.30. The van der Waals surface area contributed by atoms with E-state index in [9.17, 15) is 0 Å². The molecule has 0 aliphatic carbocycles. The summed E-state index contributed by atoms with van der Waals surface area (Å²) in [4.78, 5) is 0. The molecule has 1 heterocycles. The van der Waals surface area contributed by atoms with Gasteiger partial charge in [-0.15, -0.1) is 0 Å². The van der Waals surface area contributed by atoms with Gasteiger partial charge in [0.25, 0.3) is 0 Å². The predicted octanol–water partition coefficient (Wildman–Crippen LogP) is 7.76. The molecule has 1 aliphatic heterocycles. The van der Waals surface area contributed by atoms with E-state index < -0.39 is 0 Å². The summed E-state index contributed by atoms with van der Waals surface area (Å²) in [6.07, 6.45) is 2.35. The summed E-state index contributed by atoms with van der Waals surface area (Å²) in [5.74, 6) is 0. The first-order valence-corrected chi connectivity index (χ1v) is 11.6. The molecule has 1 unspecified atom stereocenters. The maximum absolute atomic E-state index is 3.72. The topological polar surface area (TPSA) is 15.3 Å². The molecule has 0 radical (unpaired) electrons. The number of hydrogen-bond donors (Lipinski definition) is 1. The molecule has 2 heteroatoms. The first-order chi connectivity index (χ1) is 16.0. The molecular weight excluding hydrogens is 400 g/mol. The summed E-state index contributed by atoms with van der Waals surface area (Å²) in [5, 5.41) is 2.27. The third kappa shape index (κ3) is 4.29. The second-order valence-electron chi connectivity index (χ2n) is 9.63. The van der Waals surface area contributed by atoms with Crippen LogP contribution in [0.1, 0.15) is 43.5 Å². The molecule has 0 spiro atoms. The Morgan fingerprint density at radius 3 is 1.85 bits per heavy atom. The van der Waals surface area contributed by atoms with Crippen molar-refractivity contribution in [1.29, 1.82) is 0 Å². The number of nitrogens with one attached hydrogen (secondary N) is 1. The van der Waals surface area contributed by atoms with Crippen molar-refractivity contribution >= 4 is 11.4 Å². The summed E-state index contributed by atoms with van der Waals surface area (Å²) in [7, 11) is 0. The Kier molecular flexibility index (Phi) is 5.51. The fraction of sp³-hybridized carbons (Fsp3) is 0.161. The van der Waals surface area contributed by atoms with Crippen molar-refractivity contribution in [3.05, 3.63) is 132 Å². The summed E-state index contributed by atoms with van der Waals surface area (Å²) >= 11 is 0. The second-order valence-corrected chi connectivity index (χ2v) is 9.63. The van der Waals surface area contributed by atoms with Gasteiger partial charge in [0.2, 0.25) is 0 Å². The molecule has 0 saturated carbocycles. The van der Waals surface area contributed by atoms with Gasteiger partial charge < -0.3 is 0 Å². The van der Waals surface area contributed by atoms with E-state index in [1.807, 2.05) is 0 Å². The lowest BCUT2D eigenvalue weighted by molar-refractivity contribution is 0.589. The maximum atomic E-state index is 3.72. The van der Waals surface area contributed by atoms with Crippen molar-refractivity contribution in [2.24, 2.45) is 0 Å². The summed E-state index contributed by atoms with van der Waals surface area (Å²) in [5.41, 5.74) is 12.4. The van der Waals surface area contributed by atoms with Gasteiger partial charge in [-0.05, 0) is 45.9 Å². The molecule has 1 N–H and O–H groups in total. The van der Waals surface area contributed by atoms with Crippen LogP contribution in [0.25, 0.3) is 16.8 Å². The number of hydrogen-bond acceptors (Lipinski definition) is 2. The van der Waals surface area contributed by atoms with E-state index in [4.69, 9.17) is 0 Å². The Balaban J connectivity index is 1.58. The highest BCUT2D eigenvalue weighted by Crippen LogP contribution is 2.38. The number of nitrogens with zero attached hydrogens (tertiary/aromatic N) is 1. The van der Waals surface area contributed by atoms with Crippen LogP contribution in [0.2, 0.25) is 0 Å². The largest absolute Gasteiger partial charge is 0.297 e. The van der Waals surface area contributed by atoms with Crippen LogP contribution in [0.15, 0.2) is 115 Å². The molecule has 4 aromatic rings. The first kappa shape index (κ1) is 21.1. The van der Waals surface area contributed by atoms with Crippen LogP contribution in [0, 0.1) is 0 Å². The van der Waals surface area contributed by atoms with Crippen LogP contribution in [0.5, 0.6) is 0 Å². The van der Waals surface area contributed by atoms with Crippen molar-refractivity contribution in [3.8, 4) is 11.1 Å². The van der Waals surface area contributed by atoms with Crippen molar-refractivity contribution in [2.45, 2.75) is 32.2 Å². The average Bonchev–Trinajstić information content (AvgIpc) is 3.30. The third-order valence-electron chi connectivity index (χ3n) is 6.30. The molecule has 164 valence electrons. The van der Waals surface area contributed by atoms with Crippen LogP contribution in [-0.4, -0.2) is 0 Å². The Hall–Kier alpha value is -3.78. The summed E-state index contributed by atoms with van der Waals surface area (Å²) < 4.78 is 0. The molecule has 0 aromatic heterocycles. The van der Waals surface area contributed by atoms with Crippen LogP contribution in [0.4, 0.5) is 5.69 Å². The normalized spacial score (nSPS) is 15.8. The number of para-hydroxylation sites is 1. The van der Waals surface area contributed by atoms with Crippen LogP contribution in [-0.2, 0) is 5.41 Å². The monoisotopic (exact) mass is 430 g/mol. The Labute approximate surface area is 197 Å². The summed E-state index contributed by atoms with van der Waals surface area (Å²) in [6, 6.07) is 38.9. The average molecular weight is 431 g/mol. The van der Waals surface area contributed by atoms with Gasteiger partial charge in [0.15, 0.2) is 0 Å². The molecule has 1 atom stereocenters. The molecule has 33 heavy (non-hydrogen) atoms. The van der Waals surface area contributed by atoms with E-state index in [-0.39, 0.29) is 11.5 Å². The molecular formula is C31H30N2. The standard InChI is InChI=1S/C31H30N2/c1-31(2,3)25-20-18-24(19-21-25)30-22-29(32-33(30)26-14-8-5-9-15-26)28-17-11-10-16-27(28)23-12-6-4-7-13-23/h4-22,30,32H,1-3H3. The van der Waals surface area contributed by atoms with Gasteiger partial charge in [0.05, 0.1) is 17.4 Å². The van der Waals surface area contributed by atoms with Gasteiger partial charge in [-0.1, -0.05) is 118 Å². The zero-order valence-corrected chi connectivity index (χ0v) is 19.5. The number of benzene rings is 4. The zero-order chi connectivity index (χ0) is 22.8. The van der Waals surface area contributed by atoms with Crippen molar-refractivity contribution in [3.63, 3.8) is 0 Å². The first-order valence-electron chi connectivity index (χ1n) is 11.6. The van der Waals surface area contributed by atoms with Gasteiger partial charge in [-0.3, -0.25) is 10.4 Å². The van der Waals surface area contributed by atoms with Gasteiger partial charge in [-0.25, -0.2) is 0 Å². The van der Waals surface area contributed by atoms with Gasteiger partial charge in [0, 0.05) is 5.56 Å². The highest BCUT2D eigenvalue weighted by atomic mass is 15.5. The van der Waals surface area contributed by atoms with Crippen molar-refractivity contribution in [2.75, 3.05) is 5.01 Å². The molecule has 5 rings (SSSR count). The van der Waals surface area contributed by atoms with E-state index in [0.29, 0.717) is 0 Å². The van der Waals surface area contributed by atoms with E-state index in [2.05, 4.69) is 146 Å². The Bertz CT molecular complexity index is 1250. The second kappa shape index (κ2) is 8.63. The van der Waals surface area contributed by atoms with Crippen molar-refractivity contribution in [1.82, 2.24) is 5.43 Å². The lowest BCUT2D eigenvalue weighted by Gasteiger charge is -2.28. The van der Waals surface area contributed by atoms with E-state index in [1.54, 1.807) is 0 Å². The number of anilines is 1. The van der Waals surface area contributed by atoms with Gasteiger partial charge >= 0.3 is 0 Å². The molecule has 2 nitrogen and oxygen atoms in total. The summed E-state index contributed by atoms with van der Waals surface area (Å²) in [6.45, 7) is 6.77. The molecule has 0 bridgehead atoms. The molecule has 0 fully saturated rings. The minimum Gasteiger partial charge on any atom is -0.297 e. The quantitative estimate of drug-likeness (QED) is 0.356. The van der Waals surface area contributed by atoms with Gasteiger partial charge in [-0.2, -0.15) is 0 Å². The SMILES string of the molecule is CC(C)(C)c1ccc(C2C=C(c3ccccc3-c3ccccc3)NN2c2ccccc2)cc1. The zero-order valence-electron chi connectivity index (χ0n) is 19.5. The maximum Gasteiger partial charge on any atom is 0.0958 e. The van der Waals surface area contributed by atoms with Crippen LogP contribution >= 0.6 is 0 Å². The molecule has 1 aliphatic rings.